The number of phenolic OH excluding ortho intramolecular Hbond substituents is 1. The number of hydrogen-bond donors (Lipinski definition) is 4. The molecule has 7 nitrogen and oxygen atoms in total. The van der Waals surface area contributed by atoms with E-state index in [0.717, 1.165) is 51.4 Å². The first-order chi connectivity index (χ1) is 15.6. The molecule has 3 rings (SSSR count). The predicted octanol–water partition coefficient (Wildman–Crippen LogP) is 3.35. The van der Waals surface area contributed by atoms with Gasteiger partial charge in [0.05, 0.1) is 0 Å². The average Bonchev–Trinajstić information content (AvgIpc) is 2.81. The molecule has 8 heteroatoms. The number of nitrogens with zero attached hydrogens (tertiary/aromatic N) is 2. The van der Waals surface area contributed by atoms with Crippen molar-refractivity contribution in [1.82, 2.24) is 20.9 Å². The summed E-state index contributed by atoms with van der Waals surface area (Å²) in [5.41, 5.74) is 1.83. The SMILES string of the molecule is CCNC(=NCCCNC(=O)c1cccc(O)c1)NC1CCN(Cc2ccccc2)CC1.I. The van der Waals surface area contributed by atoms with Gasteiger partial charge in [-0.05, 0) is 49.9 Å². The summed E-state index contributed by atoms with van der Waals surface area (Å²) in [4.78, 5) is 19.3. The first-order valence-corrected chi connectivity index (χ1v) is 11.5. The van der Waals surface area contributed by atoms with Crippen molar-refractivity contribution in [3.8, 4) is 5.75 Å². The Morgan fingerprint density at radius 3 is 2.55 bits per heavy atom. The third-order valence-electron chi connectivity index (χ3n) is 5.52. The second kappa shape index (κ2) is 14.7. The fourth-order valence-electron chi connectivity index (χ4n) is 3.81. The standard InChI is InChI=1S/C25H35N5O2.HI/c1-2-26-25(28-15-7-14-27-24(32)21-10-6-11-23(31)18-21)29-22-12-16-30(17-13-22)19-20-8-4-3-5-9-20;/h3-6,8-11,18,22,31H,2,7,12-17,19H2,1H3,(H,27,32)(H2,26,28,29);1H. The minimum atomic E-state index is -0.183. The van der Waals surface area contributed by atoms with Gasteiger partial charge in [0.15, 0.2) is 5.96 Å². The molecule has 0 spiro atoms. The van der Waals surface area contributed by atoms with Crippen molar-refractivity contribution in [1.29, 1.82) is 0 Å². The van der Waals surface area contributed by atoms with Crippen LogP contribution in [-0.4, -0.2) is 60.6 Å². The zero-order valence-electron chi connectivity index (χ0n) is 19.3. The van der Waals surface area contributed by atoms with Gasteiger partial charge in [0.2, 0.25) is 0 Å². The van der Waals surface area contributed by atoms with E-state index in [0.29, 0.717) is 24.7 Å². The molecule has 180 valence electrons. The zero-order chi connectivity index (χ0) is 22.6. The number of halogens is 1. The van der Waals surface area contributed by atoms with Gasteiger partial charge in [-0.1, -0.05) is 36.4 Å². The van der Waals surface area contributed by atoms with Gasteiger partial charge < -0.3 is 21.1 Å². The third kappa shape index (κ3) is 9.59. The number of amides is 1. The summed E-state index contributed by atoms with van der Waals surface area (Å²) in [5, 5.41) is 19.2. The number of piperidine rings is 1. The Hall–Kier alpha value is -2.33. The number of rotatable bonds is 9. The maximum absolute atomic E-state index is 12.1. The van der Waals surface area contributed by atoms with E-state index in [9.17, 15) is 9.90 Å². The number of likely N-dealkylation sites (tertiary alicyclic amines) is 1. The van der Waals surface area contributed by atoms with E-state index < -0.39 is 0 Å². The van der Waals surface area contributed by atoms with Crippen LogP contribution in [0, 0.1) is 0 Å². The van der Waals surface area contributed by atoms with Crippen LogP contribution in [0.4, 0.5) is 0 Å². The second-order valence-electron chi connectivity index (χ2n) is 8.10. The minimum absolute atomic E-state index is 0. The fourth-order valence-corrected chi connectivity index (χ4v) is 3.81. The van der Waals surface area contributed by atoms with Crippen LogP contribution in [0.5, 0.6) is 5.75 Å². The molecule has 1 aliphatic heterocycles. The maximum atomic E-state index is 12.1. The van der Waals surface area contributed by atoms with Crippen molar-refractivity contribution in [3.05, 3.63) is 65.7 Å². The van der Waals surface area contributed by atoms with Gasteiger partial charge in [-0.3, -0.25) is 14.7 Å². The van der Waals surface area contributed by atoms with Gasteiger partial charge in [-0.15, -0.1) is 24.0 Å². The lowest BCUT2D eigenvalue weighted by molar-refractivity contribution is 0.0953. The quantitative estimate of drug-likeness (QED) is 0.162. The highest BCUT2D eigenvalue weighted by Crippen LogP contribution is 2.14. The number of phenols is 1. The van der Waals surface area contributed by atoms with E-state index in [-0.39, 0.29) is 35.6 Å². The molecule has 4 N–H and O–H groups in total. The minimum Gasteiger partial charge on any atom is -0.508 e. The highest BCUT2D eigenvalue weighted by Gasteiger charge is 2.20. The lowest BCUT2D eigenvalue weighted by Gasteiger charge is -2.33. The number of aliphatic imine (C=N–C) groups is 1. The van der Waals surface area contributed by atoms with Crippen LogP contribution in [0.1, 0.15) is 42.1 Å². The van der Waals surface area contributed by atoms with E-state index in [1.54, 1.807) is 18.2 Å². The maximum Gasteiger partial charge on any atom is 0.251 e. The Bertz CT molecular complexity index is 870. The van der Waals surface area contributed by atoms with Crippen LogP contribution in [0.25, 0.3) is 0 Å². The molecule has 0 saturated carbocycles. The Morgan fingerprint density at radius 2 is 1.85 bits per heavy atom. The van der Waals surface area contributed by atoms with E-state index in [2.05, 4.69) is 63.1 Å². The predicted molar refractivity (Wildman–Crippen MR) is 144 cm³/mol. The molecule has 1 amide bonds. The molecular weight excluding hydrogens is 529 g/mol. The van der Waals surface area contributed by atoms with Gasteiger partial charge in [0.25, 0.3) is 5.91 Å². The first kappa shape index (κ1) is 26.9. The van der Waals surface area contributed by atoms with Crippen LogP contribution in [-0.2, 0) is 6.54 Å². The van der Waals surface area contributed by atoms with Crippen molar-refractivity contribution in [2.75, 3.05) is 32.7 Å². The van der Waals surface area contributed by atoms with Gasteiger partial charge >= 0.3 is 0 Å². The molecule has 2 aromatic carbocycles. The van der Waals surface area contributed by atoms with E-state index in [1.165, 1.54) is 11.6 Å². The number of benzene rings is 2. The monoisotopic (exact) mass is 565 g/mol. The second-order valence-corrected chi connectivity index (χ2v) is 8.10. The largest absolute Gasteiger partial charge is 0.508 e. The average molecular weight is 566 g/mol. The molecule has 0 radical (unpaired) electrons. The number of hydrogen-bond acceptors (Lipinski definition) is 4. The Labute approximate surface area is 214 Å². The normalized spacial score (nSPS) is 14.9. The van der Waals surface area contributed by atoms with Crippen molar-refractivity contribution >= 4 is 35.8 Å². The van der Waals surface area contributed by atoms with Crippen LogP contribution >= 0.6 is 24.0 Å². The molecule has 33 heavy (non-hydrogen) atoms. The van der Waals surface area contributed by atoms with Gasteiger partial charge in [-0.25, -0.2) is 0 Å². The molecule has 1 aliphatic rings. The summed E-state index contributed by atoms with van der Waals surface area (Å²) in [5.74, 6) is 0.750. The topological polar surface area (TPSA) is 89.0 Å². The summed E-state index contributed by atoms with van der Waals surface area (Å²) in [6.45, 7) is 7.20. The van der Waals surface area contributed by atoms with Crippen molar-refractivity contribution in [3.63, 3.8) is 0 Å². The molecule has 1 fully saturated rings. The third-order valence-corrected chi connectivity index (χ3v) is 5.52. The van der Waals surface area contributed by atoms with E-state index in [1.807, 2.05) is 0 Å². The highest BCUT2D eigenvalue weighted by atomic mass is 127. The van der Waals surface area contributed by atoms with Crippen LogP contribution in [0.2, 0.25) is 0 Å². The zero-order valence-corrected chi connectivity index (χ0v) is 21.6. The van der Waals surface area contributed by atoms with Crippen molar-refractivity contribution in [2.45, 2.75) is 38.8 Å². The van der Waals surface area contributed by atoms with Crippen LogP contribution in [0.15, 0.2) is 59.6 Å². The van der Waals surface area contributed by atoms with E-state index >= 15 is 0 Å². The lowest BCUT2D eigenvalue weighted by Crippen LogP contribution is -2.48. The molecule has 0 aliphatic carbocycles. The molecule has 0 atom stereocenters. The summed E-state index contributed by atoms with van der Waals surface area (Å²) in [7, 11) is 0. The summed E-state index contributed by atoms with van der Waals surface area (Å²) in [6.07, 6.45) is 2.94. The highest BCUT2D eigenvalue weighted by molar-refractivity contribution is 14.0. The molecule has 1 saturated heterocycles. The summed E-state index contributed by atoms with van der Waals surface area (Å²) >= 11 is 0. The van der Waals surface area contributed by atoms with Gasteiger partial charge in [0.1, 0.15) is 5.75 Å². The molecule has 1 heterocycles. The van der Waals surface area contributed by atoms with E-state index in [4.69, 9.17) is 0 Å². The molecule has 0 bridgehead atoms. The number of aromatic hydroxyl groups is 1. The molecule has 0 unspecified atom stereocenters. The fraction of sp³-hybridized carbons (Fsp3) is 0.440. The summed E-state index contributed by atoms with van der Waals surface area (Å²) < 4.78 is 0. The van der Waals surface area contributed by atoms with Crippen LogP contribution in [0.3, 0.4) is 0 Å². The number of guanidine groups is 1. The number of carbonyl (C=O) groups excluding carboxylic acids is 1. The number of nitrogens with one attached hydrogen (secondary N) is 3. The Kier molecular flexibility index (Phi) is 12.0. The molecule has 0 aromatic heterocycles. The molecule has 2 aromatic rings. The smallest absolute Gasteiger partial charge is 0.251 e. The number of carbonyl (C=O) groups is 1. The first-order valence-electron chi connectivity index (χ1n) is 11.5. The lowest BCUT2D eigenvalue weighted by atomic mass is 10.0. The van der Waals surface area contributed by atoms with Crippen molar-refractivity contribution in [2.24, 2.45) is 4.99 Å². The Balaban J connectivity index is 0.00000385. The Morgan fingerprint density at radius 1 is 1.09 bits per heavy atom. The summed E-state index contributed by atoms with van der Waals surface area (Å²) in [6, 6.07) is 17.4. The molecular formula is C25H36IN5O2. The van der Waals surface area contributed by atoms with Gasteiger partial charge in [-0.2, -0.15) is 0 Å². The van der Waals surface area contributed by atoms with Gasteiger partial charge in [0, 0.05) is 50.9 Å². The van der Waals surface area contributed by atoms with Crippen LogP contribution < -0.4 is 16.0 Å². The van der Waals surface area contributed by atoms with Crippen molar-refractivity contribution < 1.29 is 9.90 Å².